The van der Waals surface area contributed by atoms with Gasteiger partial charge in [-0.15, -0.1) is 0 Å². The molecule has 0 saturated heterocycles. The Labute approximate surface area is 135 Å². The first kappa shape index (κ1) is 14.1. The van der Waals surface area contributed by atoms with Gasteiger partial charge in [-0.05, 0) is 42.0 Å². The number of fused-ring (bicyclic) bond motifs is 3. The molecule has 3 atom stereocenters. The molecule has 5 heteroatoms. The molecule has 0 aromatic heterocycles. The minimum atomic E-state index is -0.864. The van der Waals surface area contributed by atoms with E-state index in [-0.39, 0.29) is 17.9 Å². The topological polar surface area (TPSA) is 41.9 Å². The van der Waals surface area contributed by atoms with Gasteiger partial charge in [0.25, 0.3) is 0 Å². The number of methoxy groups -OCH3 is 1. The van der Waals surface area contributed by atoms with Crippen molar-refractivity contribution in [1.29, 1.82) is 0 Å². The Bertz CT molecular complexity index is 671. The highest BCUT2D eigenvalue weighted by molar-refractivity contribution is 6.30. The lowest BCUT2D eigenvalue weighted by atomic mass is 9.84. The van der Waals surface area contributed by atoms with Gasteiger partial charge in [0.05, 0.1) is 19.5 Å². The van der Waals surface area contributed by atoms with Crippen molar-refractivity contribution in [3.05, 3.63) is 34.3 Å². The molecule has 1 fully saturated rings. The van der Waals surface area contributed by atoms with Crippen LogP contribution in [0, 0.1) is 5.92 Å². The van der Waals surface area contributed by atoms with E-state index in [1.165, 1.54) is 20.0 Å². The van der Waals surface area contributed by atoms with Gasteiger partial charge in [0, 0.05) is 17.5 Å². The van der Waals surface area contributed by atoms with Crippen molar-refractivity contribution in [2.24, 2.45) is 10.9 Å². The quantitative estimate of drug-likeness (QED) is 0.804. The van der Waals surface area contributed by atoms with Gasteiger partial charge in [0.2, 0.25) is 0 Å². The molecule has 0 N–H and O–H groups in total. The van der Waals surface area contributed by atoms with Crippen LogP contribution >= 0.6 is 11.6 Å². The molecule has 1 aliphatic heterocycles. The van der Waals surface area contributed by atoms with Crippen LogP contribution in [0.5, 0.6) is 0 Å². The van der Waals surface area contributed by atoms with Gasteiger partial charge in [-0.25, -0.2) is 4.79 Å². The molecule has 1 heterocycles. The second-order valence-electron chi connectivity index (χ2n) is 6.60. The minimum Gasteiger partial charge on any atom is -0.467 e. The first-order valence-corrected chi connectivity index (χ1v) is 8.14. The largest absolute Gasteiger partial charge is 0.467 e. The predicted molar refractivity (Wildman–Crippen MR) is 85.3 cm³/mol. The maximum Gasteiger partial charge on any atom is 0.336 e. The van der Waals surface area contributed by atoms with Gasteiger partial charge in [0.15, 0.2) is 5.54 Å². The Hall–Kier alpha value is -1.55. The van der Waals surface area contributed by atoms with E-state index in [0.717, 1.165) is 23.6 Å². The van der Waals surface area contributed by atoms with Gasteiger partial charge in [0.1, 0.15) is 0 Å². The Morgan fingerprint density at radius 2 is 2.23 bits per heavy atom. The lowest BCUT2D eigenvalue weighted by molar-refractivity contribution is -0.149. The number of hydrogen-bond donors (Lipinski definition) is 0. The SMILES string of the molecule is COC(=O)C12N=CN(CC3CC3)C1c1ccc(Cl)cc1C2C. The number of carbonyl (C=O) groups is 1. The van der Waals surface area contributed by atoms with Crippen LogP contribution in [0.3, 0.4) is 0 Å². The average Bonchev–Trinajstić information content (AvgIpc) is 3.20. The van der Waals surface area contributed by atoms with Crippen LogP contribution in [0.15, 0.2) is 23.2 Å². The number of esters is 1. The van der Waals surface area contributed by atoms with E-state index in [9.17, 15) is 4.79 Å². The summed E-state index contributed by atoms with van der Waals surface area (Å²) in [5, 5.41) is 0.698. The van der Waals surface area contributed by atoms with E-state index in [1.807, 2.05) is 31.5 Å². The summed E-state index contributed by atoms with van der Waals surface area (Å²) in [6, 6.07) is 5.84. The maximum atomic E-state index is 12.6. The molecule has 0 amide bonds. The van der Waals surface area contributed by atoms with Crippen molar-refractivity contribution in [2.45, 2.75) is 37.3 Å². The number of benzene rings is 1. The van der Waals surface area contributed by atoms with Gasteiger partial charge < -0.3 is 9.64 Å². The van der Waals surface area contributed by atoms with Crippen LogP contribution in [0.2, 0.25) is 5.02 Å². The van der Waals surface area contributed by atoms with Crippen LogP contribution in [0.4, 0.5) is 0 Å². The molecule has 0 bridgehead atoms. The summed E-state index contributed by atoms with van der Waals surface area (Å²) in [5.41, 5.74) is 1.40. The average molecular weight is 319 g/mol. The van der Waals surface area contributed by atoms with Gasteiger partial charge in [-0.2, -0.15) is 0 Å². The molecule has 0 spiro atoms. The second kappa shape index (κ2) is 4.72. The Kier molecular flexibility index (Phi) is 3.02. The van der Waals surface area contributed by atoms with Crippen molar-refractivity contribution >= 4 is 23.9 Å². The highest BCUT2D eigenvalue weighted by Gasteiger charge is 2.62. The van der Waals surface area contributed by atoms with Crippen molar-refractivity contribution < 1.29 is 9.53 Å². The molecular formula is C17H19ClN2O2. The van der Waals surface area contributed by atoms with Gasteiger partial charge in [-0.1, -0.05) is 24.6 Å². The van der Waals surface area contributed by atoms with Crippen LogP contribution in [-0.2, 0) is 9.53 Å². The summed E-state index contributed by atoms with van der Waals surface area (Å²) < 4.78 is 5.13. The smallest absolute Gasteiger partial charge is 0.336 e. The number of carbonyl (C=O) groups excluding carboxylic acids is 1. The fraction of sp³-hybridized carbons (Fsp3) is 0.529. The maximum absolute atomic E-state index is 12.6. The summed E-state index contributed by atoms with van der Waals surface area (Å²) in [5.74, 6) is 0.428. The van der Waals surface area contributed by atoms with E-state index in [4.69, 9.17) is 16.3 Å². The van der Waals surface area contributed by atoms with Crippen molar-refractivity contribution in [1.82, 2.24) is 4.90 Å². The van der Waals surface area contributed by atoms with Crippen LogP contribution in [-0.4, -0.2) is 36.4 Å². The highest BCUT2D eigenvalue weighted by atomic mass is 35.5. The van der Waals surface area contributed by atoms with E-state index in [0.29, 0.717) is 5.02 Å². The monoisotopic (exact) mass is 318 g/mol. The number of halogens is 1. The minimum absolute atomic E-state index is 0.0425. The lowest BCUT2D eigenvalue weighted by Crippen LogP contribution is -2.45. The van der Waals surface area contributed by atoms with Crippen molar-refractivity contribution in [3.63, 3.8) is 0 Å². The molecule has 116 valence electrons. The molecule has 2 aliphatic carbocycles. The third-order valence-corrected chi connectivity index (χ3v) is 5.55. The molecular weight excluding hydrogens is 300 g/mol. The van der Waals surface area contributed by atoms with E-state index >= 15 is 0 Å². The molecule has 22 heavy (non-hydrogen) atoms. The summed E-state index contributed by atoms with van der Waals surface area (Å²) in [4.78, 5) is 19.5. The van der Waals surface area contributed by atoms with Crippen LogP contribution in [0.25, 0.3) is 0 Å². The molecule has 3 aliphatic rings. The first-order valence-electron chi connectivity index (χ1n) is 7.76. The van der Waals surface area contributed by atoms with Gasteiger partial charge in [-0.3, -0.25) is 4.99 Å². The number of aliphatic imine (C=N–C) groups is 1. The standard InChI is InChI=1S/C17H19ClN2O2/c1-10-14-7-12(18)5-6-13(14)15-17(10,16(21)22-2)19-9-20(15)8-11-3-4-11/h5-7,9-11,15H,3-4,8H2,1-2H3. The number of nitrogens with zero attached hydrogens (tertiary/aromatic N) is 2. The zero-order chi connectivity index (χ0) is 15.5. The van der Waals surface area contributed by atoms with Crippen LogP contribution < -0.4 is 0 Å². The molecule has 4 nitrogen and oxygen atoms in total. The van der Waals surface area contributed by atoms with E-state index < -0.39 is 5.54 Å². The van der Waals surface area contributed by atoms with E-state index in [1.54, 1.807) is 0 Å². The fourth-order valence-electron chi connectivity index (χ4n) is 3.99. The van der Waals surface area contributed by atoms with Crippen molar-refractivity contribution in [2.75, 3.05) is 13.7 Å². The molecule has 1 aromatic carbocycles. The second-order valence-corrected chi connectivity index (χ2v) is 7.04. The number of ether oxygens (including phenoxy) is 1. The first-order chi connectivity index (χ1) is 10.6. The highest BCUT2D eigenvalue weighted by Crippen LogP contribution is 2.56. The summed E-state index contributed by atoms with van der Waals surface area (Å²) in [6.45, 7) is 3.01. The molecule has 0 radical (unpaired) electrons. The number of rotatable bonds is 3. The fourth-order valence-corrected chi connectivity index (χ4v) is 4.17. The Morgan fingerprint density at radius 3 is 2.91 bits per heavy atom. The molecule has 1 aromatic rings. The predicted octanol–water partition coefficient (Wildman–Crippen LogP) is 3.16. The van der Waals surface area contributed by atoms with Crippen molar-refractivity contribution in [3.8, 4) is 0 Å². The zero-order valence-corrected chi connectivity index (χ0v) is 13.5. The normalized spacial score (nSPS) is 32.0. The third kappa shape index (κ3) is 1.76. The molecule has 3 unspecified atom stereocenters. The third-order valence-electron chi connectivity index (χ3n) is 5.32. The number of hydrogen-bond acceptors (Lipinski definition) is 4. The summed E-state index contributed by atoms with van der Waals surface area (Å²) >= 11 is 6.17. The Morgan fingerprint density at radius 1 is 1.45 bits per heavy atom. The van der Waals surface area contributed by atoms with Crippen LogP contribution in [0.1, 0.15) is 42.9 Å². The Balaban J connectivity index is 1.83. The zero-order valence-electron chi connectivity index (χ0n) is 12.8. The molecule has 1 saturated carbocycles. The lowest BCUT2D eigenvalue weighted by Gasteiger charge is -2.32. The summed E-state index contributed by atoms with van der Waals surface area (Å²) in [7, 11) is 1.44. The van der Waals surface area contributed by atoms with E-state index in [2.05, 4.69) is 9.89 Å². The molecule has 4 rings (SSSR count). The van der Waals surface area contributed by atoms with Gasteiger partial charge >= 0.3 is 5.97 Å². The summed E-state index contributed by atoms with van der Waals surface area (Å²) in [6.07, 6.45) is 4.39.